The summed E-state index contributed by atoms with van der Waals surface area (Å²) in [6.07, 6.45) is 5.89. The molecule has 1 saturated heterocycles. The van der Waals surface area contributed by atoms with Crippen molar-refractivity contribution in [2.45, 2.75) is 50.0 Å². The van der Waals surface area contributed by atoms with Gasteiger partial charge in [0.05, 0.1) is 5.41 Å². The number of carboxylic acids is 1. The number of ether oxygens (including phenoxy) is 1. The number of benzene rings is 1. The van der Waals surface area contributed by atoms with Crippen molar-refractivity contribution in [3.63, 3.8) is 0 Å². The van der Waals surface area contributed by atoms with Crippen LogP contribution in [0.15, 0.2) is 24.3 Å². The van der Waals surface area contributed by atoms with Crippen molar-refractivity contribution in [2.75, 3.05) is 11.5 Å². The molecule has 3 rings (SSSR count). The molecule has 1 aromatic rings. The van der Waals surface area contributed by atoms with Crippen molar-refractivity contribution in [3.05, 3.63) is 29.8 Å². The van der Waals surface area contributed by atoms with E-state index in [0.717, 1.165) is 49.2 Å². The number of aliphatic carboxylic acids is 1. The summed E-state index contributed by atoms with van der Waals surface area (Å²) in [5.74, 6) is 2.30. The molecule has 0 spiro atoms. The molecule has 1 heterocycles. The summed E-state index contributed by atoms with van der Waals surface area (Å²) >= 11 is 1.92. The van der Waals surface area contributed by atoms with Gasteiger partial charge < -0.3 is 9.84 Å². The molecule has 1 saturated carbocycles. The third kappa shape index (κ3) is 2.91. The summed E-state index contributed by atoms with van der Waals surface area (Å²) in [6, 6.07) is 7.77. The fourth-order valence-electron chi connectivity index (χ4n) is 3.53. The van der Waals surface area contributed by atoms with Crippen LogP contribution in [-0.4, -0.2) is 28.7 Å². The van der Waals surface area contributed by atoms with Crippen molar-refractivity contribution in [3.8, 4) is 5.75 Å². The Morgan fingerprint density at radius 3 is 2.67 bits per heavy atom. The van der Waals surface area contributed by atoms with Gasteiger partial charge in [-0.1, -0.05) is 31.0 Å². The zero-order valence-corrected chi connectivity index (χ0v) is 13.0. The van der Waals surface area contributed by atoms with Crippen LogP contribution >= 0.6 is 11.8 Å². The van der Waals surface area contributed by atoms with Gasteiger partial charge in [0.25, 0.3) is 0 Å². The van der Waals surface area contributed by atoms with Gasteiger partial charge in [-0.25, -0.2) is 0 Å². The number of para-hydroxylation sites is 1. The highest BCUT2D eigenvalue weighted by atomic mass is 32.2. The molecule has 1 aliphatic carbocycles. The first kappa shape index (κ1) is 14.8. The maximum absolute atomic E-state index is 11.9. The van der Waals surface area contributed by atoms with E-state index in [-0.39, 0.29) is 6.10 Å². The maximum atomic E-state index is 11.9. The van der Waals surface area contributed by atoms with E-state index in [4.69, 9.17) is 4.74 Å². The average molecular weight is 306 g/mol. The third-order valence-electron chi connectivity index (χ3n) is 4.68. The number of hydrogen-bond donors (Lipinski definition) is 1. The number of carbonyl (C=O) groups is 1. The van der Waals surface area contributed by atoms with Gasteiger partial charge in [-0.3, -0.25) is 4.79 Å². The van der Waals surface area contributed by atoms with Gasteiger partial charge in [0.1, 0.15) is 11.9 Å². The summed E-state index contributed by atoms with van der Waals surface area (Å²) in [5, 5.41) is 9.79. The Bertz CT molecular complexity index is 503. The molecule has 0 aromatic heterocycles. The van der Waals surface area contributed by atoms with Crippen LogP contribution in [-0.2, 0) is 10.2 Å². The van der Waals surface area contributed by atoms with E-state index >= 15 is 0 Å². The van der Waals surface area contributed by atoms with E-state index in [1.165, 1.54) is 12.2 Å². The second-order valence-corrected chi connectivity index (χ2v) is 7.20. The molecule has 114 valence electrons. The van der Waals surface area contributed by atoms with Crippen molar-refractivity contribution in [2.24, 2.45) is 0 Å². The molecule has 1 aromatic carbocycles. The smallest absolute Gasteiger partial charge is 0.314 e. The molecular weight excluding hydrogens is 284 g/mol. The highest BCUT2D eigenvalue weighted by Crippen LogP contribution is 2.45. The Morgan fingerprint density at radius 1 is 1.24 bits per heavy atom. The second kappa shape index (κ2) is 6.30. The first-order chi connectivity index (χ1) is 10.2. The predicted molar refractivity (Wildman–Crippen MR) is 85.2 cm³/mol. The Labute approximate surface area is 130 Å². The van der Waals surface area contributed by atoms with Crippen molar-refractivity contribution >= 4 is 17.7 Å². The van der Waals surface area contributed by atoms with Crippen LogP contribution < -0.4 is 4.74 Å². The van der Waals surface area contributed by atoms with E-state index < -0.39 is 11.4 Å². The lowest BCUT2D eigenvalue weighted by atomic mass is 9.78. The fourth-order valence-corrected chi connectivity index (χ4v) is 4.56. The molecule has 2 aliphatic rings. The normalized spacial score (nSPS) is 24.7. The lowest BCUT2D eigenvalue weighted by molar-refractivity contribution is -0.143. The number of carboxylic acid groups (broad SMARTS) is 1. The molecule has 1 N–H and O–H groups in total. The number of hydrogen-bond acceptors (Lipinski definition) is 3. The second-order valence-electron chi connectivity index (χ2n) is 6.05. The molecule has 1 unspecified atom stereocenters. The van der Waals surface area contributed by atoms with E-state index in [2.05, 4.69) is 0 Å². The zero-order chi connectivity index (χ0) is 14.7. The van der Waals surface area contributed by atoms with Crippen molar-refractivity contribution < 1.29 is 14.6 Å². The minimum Gasteiger partial charge on any atom is -0.489 e. The van der Waals surface area contributed by atoms with E-state index in [9.17, 15) is 9.90 Å². The first-order valence-corrected chi connectivity index (χ1v) is 8.95. The topological polar surface area (TPSA) is 46.5 Å². The highest BCUT2D eigenvalue weighted by Gasteiger charge is 2.44. The van der Waals surface area contributed by atoms with Crippen LogP contribution in [0.3, 0.4) is 0 Å². The Kier molecular flexibility index (Phi) is 4.43. The molecule has 3 nitrogen and oxygen atoms in total. The molecule has 1 atom stereocenters. The van der Waals surface area contributed by atoms with Gasteiger partial charge in [-0.05, 0) is 37.5 Å². The quantitative estimate of drug-likeness (QED) is 0.917. The first-order valence-electron chi connectivity index (χ1n) is 7.80. The third-order valence-corrected chi connectivity index (χ3v) is 5.87. The van der Waals surface area contributed by atoms with Crippen LogP contribution in [0.25, 0.3) is 0 Å². The fraction of sp³-hybridized carbons (Fsp3) is 0.588. The summed E-state index contributed by atoms with van der Waals surface area (Å²) in [6.45, 7) is 0. The van der Waals surface area contributed by atoms with E-state index in [0.29, 0.717) is 0 Å². The number of rotatable bonds is 4. The van der Waals surface area contributed by atoms with Gasteiger partial charge in [-0.15, -0.1) is 0 Å². The summed E-state index contributed by atoms with van der Waals surface area (Å²) in [4.78, 5) is 11.9. The van der Waals surface area contributed by atoms with Gasteiger partial charge >= 0.3 is 5.97 Å². The summed E-state index contributed by atoms with van der Waals surface area (Å²) < 4.78 is 6.19. The molecule has 1 aliphatic heterocycles. The van der Waals surface area contributed by atoms with Crippen LogP contribution in [0.1, 0.15) is 44.1 Å². The van der Waals surface area contributed by atoms with E-state index in [1.54, 1.807) is 0 Å². The Balaban J connectivity index is 1.89. The van der Waals surface area contributed by atoms with Gasteiger partial charge in [0.15, 0.2) is 0 Å². The molecule has 4 heteroatoms. The van der Waals surface area contributed by atoms with Crippen molar-refractivity contribution in [1.29, 1.82) is 0 Å². The van der Waals surface area contributed by atoms with Gasteiger partial charge in [-0.2, -0.15) is 11.8 Å². The standard InChI is InChI=1S/C17H22O3S/c18-16(19)17(9-3-4-10-17)14-7-1-2-8-15(14)20-13-6-5-11-21-12-13/h1-2,7-8,13H,3-6,9-12H2,(H,18,19). The minimum absolute atomic E-state index is 0.220. The van der Waals surface area contributed by atoms with Crippen LogP contribution in [0.5, 0.6) is 5.75 Å². The highest BCUT2D eigenvalue weighted by molar-refractivity contribution is 7.99. The molecule has 2 fully saturated rings. The molecule has 0 amide bonds. The molecule has 0 radical (unpaired) electrons. The SMILES string of the molecule is O=C(O)C1(c2ccccc2OC2CCCSC2)CCCC1. The van der Waals surface area contributed by atoms with Crippen LogP contribution in [0.2, 0.25) is 0 Å². The lowest BCUT2D eigenvalue weighted by Crippen LogP contribution is -2.34. The molecule has 0 bridgehead atoms. The molecular formula is C17H22O3S. The Hall–Kier alpha value is -1.16. The molecule has 21 heavy (non-hydrogen) atoms. The predicted octanol–water partition coefficient (Wildman–Crippen LogP) is 3.86. The summed E-state index contributed by atoms with van der Waals surface area (Å²) in [7, 11) is 0. The van der Waals surface area contributed by atoms with Crippen molar-refractivity contribution in [1.82, 2.24) is 0 Å². The largest absolute Gasteiger partial charge is 0.489 e. The number of thioether (sulfide) groups is 1. The monoisotopic (exact) mass is 306 g/mol. The van der Waals surface area contributed by atoms with Gasteiger partial charge in [0, 0.05) is 11.3 Å². The Morgan fingerprint density at radius 2 is 2.00 bits per heavy atom. The summed E-state index contributed by atoms with van der Waals surface area (Å²) in [5.41, 5.74) is 0.142. The van der Waals surface area contributed by atoms with E-state index in [1.807, 2.05) is 36.0 Å². The van der Waals surface area contributed by atoms with Gasteiger partial charge in [0.2, 0.25) is 0 Å². The lowest BCUT2D eigenvalue weighted by Gasteiger charge is -2.29. The van der Waals surface area contributed by atoms with Crippen LogP contribution in [0, 0.1) is 0 Å². The maximum Gasteiger partial charge on any atom is 0.314 e. The zero-order valence-electron chi connectivity index (χ0n) is 12.2. The van der Waals surface area contributed by atoms with Crippen LogP contribution in [0.4, 0.5) is 0 Å². The average Bonchev–Trinajstić information content (AvgIpc) is 3.00. The minimum atomic E-state index is -0.738.